The Kier molecular flexibility index (Phi) is 4.34. The van der Waals surface area contributed by atoms with Crippen LogP contribution in [0.3, 0.4) is 0 Å². The van der Waals surface area contributed by atoms with Gasteiger partial charge in [0.1, 0.15) is 17.3 Å². The number of phenolic OH excluding ortho intramolecular Hbond substituents is 2. The minimum atomic E-state index is -0.0197. The monoisotopic (exact) mass is 376 g/mol. The lowest BCUT2D eigenvalue weighted by Crippen LogP contribution is -2.01. The Morgan fingerprint density at radius 2 is 1.79 bits per heavy atom. The molecule has 4 rings (SSSR count). The molecule has 28 heavy (non-hydrogen) atoms. The molecule has 0 fully saturated rings. The van der Waals surface area contributed by atoms with Crippen molar-refractivity contribution in [2.24, 2.45) is 0 Å². The third-order valence-electron chi connectivity index (χ3n) is 5.19. The number of benzene rings is 2. The van der Waals surface area contributed by atoms with Crippen molar-refractivity contribution in [3.63, 3.8) is 0 Å². The molecule has 2 heterocycles. The maximum absolute atomic E-state index is 10.5. The molecule has 0 unspecified atom stereocenters. The van der Waals surface area contributed by atoms with Crippen molar-refractivity contribution in [2.75, 3.05) is 0 Å². The Hall–Kier alpha value is -3.28. The van der Waals surface area contributed by atoms with Crippen LogP contribution in [0, 0.1) is 6.92 Å². The third kappa shape index (κ3) is 2.81. The van der Waals surface area contributed by atoms with E-state index in [-0.39, 0.29) is 17.4 Å². The summed E-state index contributed by atoms with van der Waals surface area (Å²) in [5, 5.41) is 30.4. The minimum Gasteiger partial charge on any atom is -0.508 e. The minimum absolute atomic E-state index is 0.0197. The van der Waals surface area contributed by atoms with Crippen LogP contribution in [0.5, 0.6) is 11.5 Å². The van der Waals surface area contributed by atoms with E-state index in [2.05, 4.69) is 46.1 Å². The molecule has 6 nitrogen and oxygen atoms in total. The normalized spacial score (nSPS) is 11.6. The Bertz CT molecular complexity index is 1170. The summed E-state index contributed by atoms with van der Waals surface area (Å²) in [6, 6.07) is 11.5. The van der Waals surface area contributed by atoms with Gasteiger partial charge < -0.3 is 14.8 Å². The molecule has 0 saturated heterocycles. The molecule has 2 N–H and O–H groups in total. The molecule has 144 valence electrons. The van der Waals surface area contributed by atoms with E-state index < -0.39 is 0 Å². The van der Waals surface area contributed by atoms with Crippen LogP contribution in [0.4, 0.5) is 0 Å². The quantitative estimate of drug-likeness (QED) is 0.539. The lowest BCUT2D eigenvalue weighted by atomic mass is 9.98. The first-order chi connectivity index (χ1) is 13.4. The summed E-state index contributed by atoms with van der Waals surface area (Å²) in [5.41, 5.74) is 3.41. The SMILES string of the molecule is CCn1ccc2cc(-n3c(C)nnc3-c3cc(C(C)C)c(O)cc3O)ccc21. The van der Waals surface area contributed by atoms with Crippen LogP contribution in [0.25, 0.3) is 28.0 Å². The van der Waals surface area contributed by atoms with Crippen molar-refractivity contribution >= 4 is 10.9 Å². The number of phenols is 2. The smallest absolute Gasteiger partial charge is 0.172 e. The van der Waals surface area contributed by atoms with Crippen molar-refractivity contribution in [3.05, 3.63) is 54.0 Å². The number of fused-ring (bicyclic) bond motifs is 1. The van der Waals surface area contributed by atoms with Crippen molar-refractivity contribution in [2.45, 2.75) is 40.2 Å². The maximum Gasteiger partial charge on any atom is 0.172 e. The van der Waals surface area contributed by atoms with Gasteiger partial charge in [0.15, 0.2) is 5.82 Å². The first kappa shape index (κ1) is 18.1. The van der Waals surface area contributed by atoms with E-state index in [0.717, 1.165) is 29.0 Å². The fraction of sp³-hybridized carbons (Fsp3) is 0.273. The molecule has 0 amide bonds. The lowest BCUT2D eigenvalue weighted by molar-refractivity contribution is 0.444. The van der Waals surface area contributed by atoms with Crippen molar-refractivity contribution < 1.29 is 10.2 Å². The fourth-order valence-electron chi connectivity index (χ4n) is 3.68. The summed E-state index contributed by atoms with van der Waals surface area (Å²) in [6.07, 6.45) is 2.08. The van der Waals surface area contributed by atoms with Crippen LogP contribution < -0.4 is 0 Å². The van der Waals surface area contributed by atoms with Gasteiger partial charge in [-0.25, -0.2) is 0 Å². The van der Waals surface area contributed by atoms with Crippen LogP contribution in [-0.4, -0.2) is 29.5 Å². The number of aryl methyl sites for hydroxylation is 2. The number of aromatic hydroxyl groups is 2. The number of hydrogen-bond donors (Lipinski definition) is 2. The molecule has 0 spiro atoms. The molecule has 0 saturated carbocycles. The standard InChI is InChI=1S/C22H24N4O2/c1-5-25-9-8-15-10-16(6-7-19(15)25)26-14(4)23-24-22(26)18-11-17(13(2)3)20(27)12-21(18)28/h6-13,27-28H,5H2,1-4H3. The van der Waals surface area contributed by atoms with Gasteiger partial charge in [-0.05, 0) is 55.7 Å². The molecule has 0 atom stereocenters. The lowest BCUT2D eigenvalue weighted by Gasteiger charge is -2.14. The molecule has 2 aromatic carbocycles. The molecule has 6 heteroatoms. The molecule has 2 aromatic heterocycles. The van der Waals surface area contributed by atoms with Gasteiger partial charge in [-0.3, -0.25) is 4.57 Å². The molecule has 4 aromatic rings. The Morgan fingerprint density at radius 1 is 1.00 bits per heavy atom. The number of rotatable bonds is 4. The Balaban J connectivity index is 1.91. The van der Waals surface area contributed by atoms with Gasteiger partial charge in [-0.2, -0.15) is 0 Å². The predicted octanol–water partition coefficient (Wildman–Crippen LogP) is 4.75. The summed E-state index contributed by atoms with van der Waals surface area (Å²) in [4.78, 5) is 0. The van der Waals surface area contributed by atoms with Crippen LogP contribution in [0.15, 0.2) is 42.6 Å². The van der Waals surface area contributed by atoms with Crippen molar-refractivity contribution in [1.29, 1.82) is 0 Å². The first-order valence-electron chi connectivity index (χ1n) is 9.48. The molecule has 0 aliphatic rings. The van der Waals surface area contributed by atoms with Gasteiger partial charge >= 0.3 is 0 Å². The highest BCUT2D eigenvalue weighted by atomic mass is 16.3. The molecule has 0 bridgehead atoms. The average Bonchev–Trinajstić information content (AvgIpc) is 3.24. The van der Waals surface area contributed by atoms with Crippen LogP contribution >= 0.6 is 0 Å². The van der Waals surface area contributed by atoms with Gasteiger partial charge in [0.05, 0.1) is 5.56 Å². The molecular weight excluding hydrogens is 352 g/mol. The number of aromatic nitrogens is 4. The molecule has 0 radical (unpaired) electrons. The topological polar surface area (TPSA) is 76.1 Å². The second-order valence-corrected chi connectivity index (χ2v) is 7.33. The highest BCUT2D eigenvalue weighted by molar-refractivity contribution is 5.83. The summed E-state index contributed by atoms with van der Waals surface area (Å²) >= 11 is 0. The molecule has 0 aliphatic carbocycles. The Labute approximate surface area is 163 Å². The van der Waals surface area contributed by atoms with Gasteiger partial charge in [0.25, 0.3) is 0 Å². The fourth-order valence-corrected chi connectivity index (χ4v) is 3.68. The van der Waals surface area contributed by atoms with Crippen molar-refractivity contribution in [1.82, 2.24) is 19.3 Å². The maximum atomic E-state index is 10.5. The van der Waals surface area contributed by atoms with Gasteiger partial charge in [0, 0.05) is 35.4 Å². The number of hydrogen-bond acceptors (Lipinski definition) is 4. The average molecular weight is 376 g/mol. The molecular formula is C22H24N4O2. The first-order valence-corrected chi connectivity index (χ1v) is 9.48. The second kappa shape index (κ2) is 6.71. The largest absolute Gasteiger partial charge is 0.508 e. The zero-order valence-electron chi connectivity index (χ0n) is 16.5. The predicted molar refractivity (Wildman–Crippen MR) is 110 cm³/mol. The zero-order chi connectivity index (χ0) is 20.0. The number of nitrogens with zero attached hydrogens (tertiary/aromatic N) is 4. The van der Waals surface area contributed by atoms with E-state index >= 15 is 0 Å². The van der Waals surface area contributed by atoms with E-state index in [4.69, 9.17) is 0 Å². The highest BCUT2D eigenvalue weighted by Gasteiger charge is 2.20. The van der Waals surface area contributed by atoms with E-state index in [1.165, 1.54) is 11.6 Å². The van der Waals surface area contributed by atoms with Gasteiger partial charge in [-0.15, -0.1) is 10.2 Å². The zero-order valence-corrected chi connectivity index (χ0v) is 16.5. The second-order valence-electron chi connectivity index (χ2n) is 7.33. The van der Waals surface area contributed by atoms with Crippen LogP contribution in [-0.2, 0) is 6.54 Å². The van der Waals surface area contributed by atoms with E-state index in [0.29, 0.717) is 11.4 Å². The Morgan fingerprint density at radius 3 is 2.50 bits per heavy atom. The van der Waals surface area contributed by atoms with E-state index in [1.807, 2.05) is 31.4 Å². The van der Waals surface area contributed by atoms with Crippen LogP contribution in [0.2, 0.25) is 0 Å². The summed E-state index contributed by atoms with van der Waals surface area (Å²) in [6.45, 7) is 8.92. The van der Waals surface area contributed by atoms with Crippen LogP contribution in [0.1, 0.15) is 38.1 Å². The summed E-state index contributed by atoms with van der Waals surface area (Å²) in [5.74, 6) is 1.45. The summed E-state index contributed by atoms with van der Waals surface area (Å²) in [7, 11) is 0. The summed E-state index contributed by atoms with van der Waals surface area (Å²) < 4.78 is 4.12. The molecule has 0 aliphatic heterocycles. The third-order valence-corrected chi connectivity index (χ3v) is 5.19. The van der Waals surface area contributed by atoms with E-state index in [1.54, 1.807) is 6.07 Å². The van der Waals surface area contributed by atoms with E-state index in [9.17, 15) is 10.2 Å². The van der Waals surface area contributed by atoms with Crippen molar-refractivity contribution in [3.8, 4) is 28.6 Å². The van der Waals surface area contributed by atoms with Gasteiger partial charge in [-0.1, -0.05) is 13.8 Å². The highest BCUT2D eigenvalue weighted by Crippen LogP contribution is 2.38. The van der Waals surface area contributed by atoms with Gasteiger partial charge in [0.2, 0.25) is 0 Å².